The van der Waals surface area contributed by atoms with E-state index >= 15 is 0 Å². The molecule has 11 heteroatoms. The summed E-state index contributed by atoms with van der Waals surface area (Å²) in [4.78, 5) is 42.8. The number of hydrogen-bond donors (Lipinski definition) is 0. The quantitative estimate of drug-likeness (QED) is 0.362. The molecular weight excluding hydrogens is 551 g/mol. The van der Waals surface area contributed by atoms with Gasteiger partial charge in [-0.3, -0.25) is 19.4 Å². The standard InChI is InChI=1S/C27H24Cl2N2O6S/c1-37-26-10-6-19(28)13-18(26)12-17-5-7-21(32)16-31(27(17)34)38(35,36)22-8-9-24(29)23(15-22)25(33)14-20-4-2-3-11-30-20/h2-4,6,8-11,13,15,17H,5,7,12,14,16H2,1H3. The molecule has 0 aliphatic carbocycles. The van der Waals surface area contributed by atoms with Crippen LogP contribution < -0.4 is 4.74 Å². The Morgan fingerprint density at radius 3 is 2.61 bits per heavy atom. The van der Waals surface area contributed by atoms with Crippen LogP contribution in [-0.4, -0.2) is 48.8 Å². The first-order valence-electron chi connectivity index (χ1n) is 11.7. The van der Waals surface area contributed by atoms with Gasteiger partial charge in [-0.25, -0.2) is 12.7 Å². The van der Waals surface area contributed by atoms with Gasteiger partial charge in [0.05, 0.1) is 30.0 Å². The lowest BCUT2D eigenvalue weighted by Gasteiger charge is -2.24. The van der Waals surface area contributed by atoms with Gasteiger partial charge in [-0.1, -0.05) is 29.3 Å². The molecular formula is C27H24Cl2N2O6S. The Morgan fingerprint density at radius 1 is 1.11 bits per heavy atom. The van der Waals surface area contributed by atoms with E-state index in [1.54, 1.807) is 42.6 Å². The minimum Gasteiger partial charge on any atom is -0.496 e. The number of carbonyl (C=O) groups excluding carboxylic acids is 3. The summed E-state index contributed by atoms with van der Waals surface area (Å²) in [6.45, 7) is -0.593. The van der Waals surface area contributed by atoms with Gasteiger partial charge in [-0.15, -0.1) is 0 Å². The van der Waals surface area contributed by atoms with E-state index < -0.39 is 34.2 Å². The summed E-state index contributed by atoms with van der Waals surface area (Å²) >= 11 is 12.4. The monoisotopic (exact) mass is 574 g/mol. The lowest BCUT2D eigenvalue weighted by Crippen LogP contribution is -2.42. The van der Waals surface area contributed by atoms with E-state index in [4.69, 9.17) is 27.9 Å². The van der Waals surface area contributed by atoms with Crippen molar-refractivity contribution in [3.8, 4) is 5.75 Å². The number of ketones is 2. The van der Waals surface area contributed by atoms with E-state index in [9.17, 15) is 22.8 Å². The first-order chi connectivity index (χ1) is 18.1. The summed E-state index contributed by atoms with van der Waals surface area (Å²) in [5.74, 6) is -1.84. The Kier molecular flexibility index (Phi) is 8.50. The molecule has 4 rings (SSSR count). The number of sulfonamides is 1. The first kappa shape index (κ1) is 27.8. The van der Waals surface area contributed by atoms with Crippen molar-refractivity contribution in [1.82, 2.24) is 9.29 Å². The number of Topliss-reactive ketones (excluding diaryl/α,β-unsaturated/α-hetero) is 2. The zero-order valence-corrected chi connectivity index (χ0v) is 22.7. The highest BCUT2D eigenvalue weighted by atomic mass is 35.5. The molecule has 1 unspecified atom stereocenters. The van der Waals surface area contributed by atoms with Crippen LogP contribution in [0, 0.1) is 5.92 Å². The highest BCUT2D eigenvalue weighted by Crippen LogP contribution is 2.31. The number of ether oxygens (including phenoxy) is 1. The number of benzene rings is 2. The van der Waals surface area contributed by atoms with Crippen LogP contribution in [0.2, 0.25) is 10.0 Å². The van der Waals surface area contributed by atoms with E-state index in [0.29, 0.717) is 26.3 Å². The number of pyridine rings is 1. The van der Waals surface area contributed by atoms with Crippen molar-refractivity contribution in [2.45, 2.75) is 30.6 Å². The molecule has 0 spiro atoms. The fraction of sp³-hybridized carbons (Fsp3) is 0.259. The van der Waals surface area contributed by atoms with E-state index in [-0.39, 0.29) is 46.9 Å². The highest BCUT2D eigenvalue weighted by molar-refractivity contribution is 7.89. The minimum atomic E-state index is -4.48. The molecule has 1 aliphatic heterocycles. The van der Waals surface area contributed by atoms with Gasteiger partial charge in [0.25, 0.3) is 10.0 Å². The highest BCUT2D eigenvalue weighted by Gasteiger charge is 2.38. The average Bonchev–Trinajstić information content (AvgIpc) is 3.03. The number of methoxy groups -OCH3 is 1. The van der Waals surface area contributed by atoms with E-state index in [0.717, 1.165) is 6.07 Å². The lowest BCUT2D eigenvalue weighted by atomic mass is 9.93. The largest absolute Gasteiger partial charge is 0.496 e. The number of carbonyl (C=O) groups is 3. The maximum absolute atomic E-state index is 13.7. The number of hydrogen-bond acceptors (Lipinski definition) is 7. The van der Waals surface area contributed by atoms with E-state index in [1.165, 1.54) is 19.2 Å². The number of aromatic nitrogens is 1. The van der Waals surface area contributed by atoms with Crippen LogP contribution in [0.1, 0.15) is 34.5 Å². The van der Waals surface area contributed by atoms with E-state index in [1.807, 2.05) is 0 Å². The number of halogens is 2. The summed E-state index contributed by atoms with van der Waals surface area (Å²) in [7, 11) is -3.00. The van der Waals surface area contributed by atoms with Crippen LogP contribution in [0.5, 0.6) is 5.75 Å². The fourth-order valence-corrected chi connectivity index (χ4v) is 6.19. The van der Waals surface area contributed by atoms with Crippen LogP contribution in [0.15, 0.2) is 65.7 Å². The molecule has 0 radical (unpaired) electrons. The molecule has 1 fully saturated rings. The van der Waals surface area contributed by atoms with Crippen LogP contribution in [0.3, 0.4) is 0 Å². The first-order valence-corrected chi connectivity index (χ1v) is 13.9. The molecule has 1 amide bonds. The second-order valence-corrected chi connectivity index (χ2v) is 11.6. The second-order valence-electron chi connectivity index (χ2n) is 8.85. The van der Waals surface area contributed by atoms with Gasteiger partial charge in [0.1, 0.15) is 5.75 Å². The predicted octanol–water partition coefficient (Wildman–Crippen LogP) is 4.56. The summed E-state index contributed by atoms with van der Waals surface area (Å²) in [6, 6.07) is 13.7. The minimum absolute atomic E-state index is 0.0211. The Bertz CT molecular complexity index is 1490. The van der Waals surface area contributed by atoms with Gasteiger partial charge in [-0.05, 0) is 66.9 Å². The fourth-order valence-electron chi connectivity index (χ4n) is 4.31. The smallest absolute Gasteiger partial charge is 0.266 e. The van der Waals surface area contributed by atoms with Gasteiger partial charge in [0.2, 0.25) is 5.91 Å². The lowest BCUT2D eigenvalue weighted by molar-refractivity contribution is -0.131. The van der Waals surface area contributed by atoms with Gasteiger partial charge < -0.3 is 4.74 Å². The SMILES string of the molecule is COc1ccc(Cl)cc1CC1CCC(=O)CN(S(=O)(=O)c2ccc(Cl)c(C(=O)Cc3ccccn3)c2)C1=O. The van der Waals surface area contributed by atoms with Crippen LogP contribution in [-0.2, 0) is 32.5 Å². The second kappa shape index (κ2) is 11.6. The van der Waals surface area contributed by atoms with Crippen molar-refractivity contribution in [2.24, 2.45) is 5.92 Å². The van der Waals surface area contributed by atoms with Crippen LogP contribution in [0.4, 0.5) is 0 Å². The molecule has 1 saturated heterocycles. The summed E-state index contributed by atoms with van der Waals surface area (Å²) in [5.41, 5.74) is 1.10. The molecule has 38 heavy (non-hydrogen) atoms. The molecule has 198 valence electrons. The molecule has 0 N–H and O–H groups in total. The van der Waals surface area contributed by atoms with Crippen LogP contribution >= 0.6 is 23.2 Å². The maximum Gasteiger partial charge on any atom is 0.266 e. The third-order valence-electron chi connectivity index (χ3n) is 6.29. The molecule has 2 aromatic carbocycles. The Morgan fingerprint density at radius 2 is 1.89 bits per heavy atom. The third-order valence-corrected chi connectivity index (χ3v) is 8.59. The van der Waals surface area contributed by atoms with Crippen LogP contribution in [0.25, 0.3) is 0 Å². The zero-order chi connectivity index (χ0) is 27.4. The summed E-state index contributed by atoms with van der Waals surface area (Å²) < 4.78 is 33.3. The molecule has 3 aromatic rings. The summed E-state index contributed by atoms with van der Waals surface area (Å²) in [6.07, 6.45) is 1.81. The average molecular weight is 575 g/mol. The van der Waals surface area contributed by atoms with Gasteiger partial charge in [-0.2, -0.15) is 0 Å². The molecule has 0 bridgehead atoms. The van der Waals surface area contributed by atoms with Crippen molar-refractivity contribution in [3.05, 3.63) is 87.7 Å². The predicted molar refractivity (Wildman–Crippen MR) is 142 cm³/mol. The van der Waals surface area contributed by atoms with Gasteiger partial charge in [0, 0.05) is 34.8 Å². The Balaban J connectivity index is 1.65. The van der Waals surface area contributed by atoms with E-state index in [2.05, 4.69) is 4.98 Å². The Hall–Kier alpha value is -3.27. The van der Waals surface area contributed by atoms with Crippen molar-refractivity contribution in [1.29, 1.82) is 0 Å². The number of nitrogens with zero attached hydrogens (tertiary/aromatic N) is 2. The van der Waals surface area contributed by atoms with Crippen molar-refractivity contribution in [2.75, 3.05) is 13.7 Å². The molecule has 2 heterocycles. The molecule has 1 aliphatic rings. The number of rotatable bonds is 8. The third kappa shape index (κ3) is 6.06. The zero-order valence-electron chi connectivity index (χ0n) is 20.4. The maximum atomic E-state index is 13.7. The van der Waals surface area contributed by atoms with Crippen molar-refractivity contribution in [3.63, 3.8) is 0 Å². The molecule has 8 nitrogen and oxygen atoms in total. The normalized spacial score (nSPS) is 16.3. The summed E-state index contributed by atoms with van der Waals surface area (Å²) in [5, 5.41) is 0.501. The Labute approximate surface area is 230 Å². The molecule has 0 saturated carbocycles. The van der Waals surface area contributed by atoms with Gasteiger partial charge >= 0.3 is 0 Å². The molecule has 1 atom stereocenters. The van der Waals surface area contributed by atoms with Crippen molar-refractivity contribution >= 4 is 50.7 Å². The van der Waals surface area contributed by atoms with Crippen molar-refractivity contribution < 1.29 is 27.5 Å². The topological polar surface area (TPSA) is 111 Å². The molecule has 1 aromatic heterocycles. The van der Waals surface area contributed by atoms with Gasteiger partial charge in [0.15, 0.2) is 11.6 Å². The number of amides is 1.